The van der Waals surface area contributed by atoms with Crippen LogP contribution in [-0.2, 0) is 34.0 Å². The fraction of sp³-hybridized carbons (Fsp3) is 0.684. The van der Waals surface area contributed by atoms with Crippen LogP contribution in [-0.4, -0.2) is 153 Å². The molecule has 0 aromatic heterocycles. The topological polar surface area (TPSA) is 294 Å². The standard InChI is InChI=1S/C12H18N2O2.C8H12N2O2.C8H4O3.C6H14O2.C4H12N2O3S.Na/c1-11(2)4-10(14-9-16)5-12(3,6-11)7-13-8-15;11-7-9-5-3-1-2-4-6-10-8-12;9-7-5-3-1-2-4-6(5)8(10)11-7;7-5-3-1-2-4-6-8;5-1-2-6-3-4-10(7,8)9;/h10H,4-7H2,1-3H3;1-6H2;1-4H;7-8H,1-6H2;6H,1-5H2,(H,7,8,9);. The molecule has 1 fully saturated rings. The summed E-state index contributed by atoms with van der Waals surface area (Å²) in [6.45, 7) is 9.81. The average molecular weight is 848 g/mol. The van der Waals surface area contributed by atoms with Crippen LogP contribution in [0.3, 0.4) is 0 Å². The molecule has 1 saturated carbocycles. The second-order valence-corrected chi connectivity index (χ2v) is 15.7. The Bertz CT molecular complexity index is 1550. The normalized spacial score (nSPS) is 16.8. The van der Waals surface area contributed by atoms with Crippen LogP contribution >= 0.6 is 0 Å². The van der Waals surface area contributed by atoms with Crippen molar-refractivity contribution in [3.8, 4) is 0 Å². The van der Waals surface area contributed by atoms with Gasteiger partial charge < -0.3 is 26.0 Å². The van der Waals surface area contributed by atoms with E-state index in [2.05, 4.69) is 50.8 Å². The van der Waals surface area contributed by atoms with Gasteiger partial charge in [0.05, 0.1) is 42.6 Å². The predicted octanol–water partition coefficient (Wildman–Crippen LogP) is 3.03. The van der Waals surface area contributed by atoms with E-state index in [1.54, 1.807) is 36.4 Å². The smallest absolute Gasteiger partial charge is 0.346 e. The van der Waals surface area contributed by atoms with Gasteiger partial charge in [0.25, 0.3) is 10.1 Å². The molecule has 1 aromatic rings. The van der Waals surface area contributed by atoms with E-state index < -0.39 is 22.1 Å². The van der Waals surface area contributed by atoms with Crippen molar-refractivity contribution in [3.63, 3.8) is 0 Å². The van der Waals surface area contributed by atoms with E-state index in [-0.39, 0.29) is 71.9 Å². The maximum Gasteiger partial charge on any atom is 0.346 e. The number of hydrogen-bond donors (Lipinski definition) is 5. The summed E-state index contributed by atoms with van der Waals surface area (Å²) in [5.74, 6) is -1.36. The third-order valence-electron chi connectivity index (χ3n) is 8.08. The molecule has 18 nitrogen and oxygen atoms in total. The van der Waals surface area contributed by atoms with Gasteiger partial charge in [-0.1, -0.05) is 58.6 Å². The minimum Gasteiger partial charge on any atom is -0.396 e. The molecule has 2 unspecified atom stereocenters. The molecule has 1 aromatic carbocycles. The van der Waals surface area contributed by atoms with Crippen molar-refractivity contribution in [1.29, 1.82) is 0 Å². The van der Waals surface area contributed by atoms with Crippen LogP contribution in [0.4, 0.5) is 0 Å². The number of nitrogens with zero attached hydrogens (tertiary/aromatic N) is 4. The van der Waals surface area contributed by atoms with Gasteiger partial charge in [-0.3, -0.25) is 4.55 Å². The first-order valence-corrected chi connectivity index (χ1v) is 20.3. The summed E-state index contributed by atoms with van der Waals surface area (Å²) >= 11 is 0. The molecule has 1 aliphatic heterocycles. The van der Waals surface area contributed by atoms with Crippen molar-refractivity contribution in [1.82, 2.24) is 5.32 Å². The van der Waals surface area contributed by atoms with Crippen molar-refractivity contribution in [2.24, 2.45) is 36.5 Å². The number of ether oxygens (including phenoxy) is 1. The van der Waals surface area contributed by atoms with Crippen LogP contribution in [0.2, 0.25) is 0 Å². The maximum atomic E-state index is 10.8. The van der Waals surface area contributed by atoms with Gasteiger partial charge in [-0.25, -0.2) is 48.7 Å². The average Bonchev–Trinajstić information content (AvgIpc) is 3.45. The minimum atomic E-state index is -3.81. The van der Waals surface area contributed by atoms with E-state index in [4.69, 9.17) is 20.5 Å². The number of carbonyl (C=O) groups is 2. The van der Waals surface area contributed by atoms with E-state index in [9.17, 15) is 37.2 Å². The fourth-order valence-corrected chi connectivity index (χ4v) is 6.36. The fourth-order valence-electron chi connectivity index (χ4n) is 5.95. The van der Waals surface area contributed by atoms with Crippen LogP contribution < -0.4 is 11.1 Å². The van der Waals surface area contributed by atoms with E-state index in [0.29, 0.717) is 43.9 Å². The SMILES string of the molecule is CC1(C)CC(N=C=O)CC(C)(CN=C=O)C1.NCCNCCS(=O)(=O)O.O=C1OC(=O)c2ccccc21.O=C=NCCCCCCN=C=O.OCCCCCCO.[Na]. The van der Waals surface area contributed by atoms with Crippen LogP contribution in [0.5, 0.6) is 0 Å². The van der Waals surface area contributed by atoms with Gasteiger partial charge in [-0.15, -0.1) is 0 Å². The Labute approximate surface area is 363 Å². The number of hydrogen-bond acceptors (Lipinski definition) is 17. The second-order valence-electron chi connectivity index (χ2n) is 14.1. The van der Waals surface area contributed by atoms with Gasteiger partial charge in [0.15, 0.2) is 0 Å². The van der Waals surface area contributed by atoms with Gasteiger partial charge in [0.1, 0.15) is 0 Å². The molecule has 0 spiro atoms. The van der Waals surface area contributed by atoms with E-state index >= 15 is 0 Å². The number of cyclic esters (lactones) is 2. The Hall–Kier alpha value is -3.37. The Morgan fingerprint density at radius 2 is 1.26 bits per heavy atom. The van der Waals surface area contributed by atoms with Gasteiger partial charge in [0, 0.05) is 62.4 Å². The van der Waals surface area contributed by atoms with Crippen LogP contribution in [0.1, 0.15) is 112 Å². The Kier molecular flexibility index (Phi) is 37.3. The summed E-state index contributed by atoms with van der Waals surface area (Å²) in [6, 6.07) is 6.54. The van der Waals surface area contributed by atoms with Crippen molar-refractivity contribution >= 4 is 75.9 Å². The number of aliphatic imine (C=N–C) groups is 4. The number of nitrogens with one attached hydrogen (secondary N) is 1. The molecular formula is C38H60N6NaO12S. The summed E-state index contributed by atoms with van der Waals surface area (Å²) in [5.41, 5.74) is 5.88. The number of aliphatic hydroxyl groups is 2. The molecule has 6 N–H and O–H groups in total. The van der Waals surface area contributed by atoms with E-state index in [1.807, 2.05) is 0 Å². The van der Waals surface area contributed by atoms with Crippen molar-refractivity contribution in [2.45, 2.75) is 97.4 Å². The molecule has 1 heterocycles. The summed E-state index contributed by atoms with van der Waals surface area (Å²) in [6.07, 6.45) is 16.5. The first-order valence-electron chi connectivity index (χ1n) is 18.7. The largest absolute Gasteiger partial charge is 0.396 e. The molecule has 2 atom stereocenters. The van der Waals surface area contributed by atoms with Crippen molar-refractivity contribution in [2.75, 3.05) is 58.2 Å². The van der Waals surface area contributed by atoms with Crippen molar-refractivity contribution < 1.29 is 56.7 Å². The molecule has 3 rings (SSSR count). The number of benzene rings is 1. The number of unbranched alkanes of at least 4 members (excludes halogenated alkanes) is 6. The molecule has 321 valence electrons. The van der Waals surface area contributed by atoms with Crippen LogP contribution in [0.15, 0.2) is 44.2 Å². The third kappa shape index (κ3) is 33.6. The molecule has 0 bridgehead atoms. The summed E-state index contributed by atoms with van der Waals surface area (Å²) in [4.78, 5) is 75.8. The monoisotopic (exact) mass is 847 g/mol. The first kappa shape index (κ1) is 58.9. The summed E-state index contributed by atoms with van der Waals surface area (Å²) in [7, 11) is -3.81. The Morgan fingerprint density at radius 1 is 0.776 bits per heavy atom. The van der Waals surface area contributed by atoms with Crippen molar-refractivity contribution in [3.05, 3.63) is 35.4 Å². The first-order chi connectivity index (χ1) is 27.1. The van der Waals surface area contributed by atoms with Gasteiger partial charge in [-0.2, -0.15) is 8.42 Å². The second kappa shape index (κ2) is 36.7. The molecule has 0 amide bonds. The zero-order valence-corrected chi connectivity index (χ0v) is 37.1. The third-order valence-corrected chi connectivity index (χ3v) is 8.80. The Morgan fingerprint density at radius 3 is 1.67 bits per heavy atom. The number of isocyanates is 4. The molecular weight excluding hydrogens is 788 g/mol. The number of rotatable bonds is 20. The van der Waals surface area contributed by atoms with Crippen LogP contribution in [0, 0.1) is 10.8 Å². The molecule has 20 heteroatoms. The summed E-state index contributed by atoms with van der Waals surface area (Å²) in [5, 5.41) is 19.3. The number of esters is 2. The molecule has 2 aliphatic rings. The molecule has 1 aliphatic carbocycles. The zero-order valence-electron chi connectivity index (χ0n) is 34.3. The Balaban J connectivity index is -0.000000662. The number of fused-ring (bicyclic) bond motifs is 1. The zero-order chi connectivity index (χ0) is 43.4. The molecule has 0 saturated heterocycles. The van der Waals surface area contributed by atoms with Gasteiger partial charge in [0.2, 0.25) is 24.3 Å². The quantitative estimate of drug-likeness (QED) is 0.0240. The number of aliphatic hydroxyl groups excluding tert-OH is 2. The molecule has 1 radical (unpaired) electrons. The maximum absolute atomic E-state index is 10.8. The van der Waals surface area contributed by atoms with E-state index in [1.165, 1.54) is 12.2 Å². The minimum absolute atomic E-state index is 0. The molecule has 58 heavy (non-hydrogen) atoms. The number of nitrogens with two attached hydrogens (primary N) is 1. The van der Waals surface area contributed by atoms with Gasteiger partial charge in [-0.05, 0) is 67.9 Å². The number of carbonyl (C=O) groups excluding carboxylic acids is 6. The summed E-state index contributed by atoms with van der Waals surface area (Å²) < 4.78 is 32.7. The van der Waals surface area contributed by atoms with E-state index in [0.717, 1.165) is 70.6 Å². The van der Waals surface area contributed by atoms with Crippen LogP contribution in [0.25, 0.3) is 0 Å². The predicted molar refractivity (Wildman–Crippen MR) is 218 cm³/mol. The van der Waals surface area contributed by atoms with Gasteiger partial charge >= 0.3 is 11.9 Å².